The van der Waals surface area contributed by atoms with Gasteiger partial charge in [0.05, 0.1) is 0 Å². The van der Waals surface area contributed by atoms with Gasteiger partial charge in [-0.3, -0.25) is 0 Å². The normalized spacial score (nSPS) is 17.2. The lowest BCUT2D eigenvalue weighted by molar-refractivity contribution is 1.12. The Labute approximate surface area is 56.6 Å². The van der Waals surface area contributed by atoms with Crippen molar-refractivity contribution >= 4 is 0 Å². The standard InChI is InChI=1S/C9H12/c1-8(2)9-6-4-3-5-7-9/h3-4,7H,1,5-6H2,2H3. The van der Waals surface area contributed by atoms with Gasteiger partial charge in [-0.05, 0) is 25.3 Å². The number of rotatable bonds is 1. The minimum absolute atomic E-state index is 1.08. The Balaban J connectivity index is 2.61. The summed E-state index contributed by atoms with van der Waals surface area (Å²) in [5.74, 6) is 0. The van der Waals surface area contributed by atoms with Gasteiger partial charge in [0.15, 0.2) is 0 Å². The van der Waals surface area contributed by atoms with Crippen molar-refractivity contribution in [2.45, 2.75) is 19.8 Å². The molecule has 0 heteroatoms. The molecule has 0 spiro atoms. The molecule has 0 aromatic heterocycles. The summed E-state index contributed by atoms with van der Waals surface area (Å²) >= 11 is 0. The zero-order valence-electron chi connectivity index (χ0n) is 5.85. The van der Waals surface area contributed by atoms with Crippen LogP contribution < -0.4 is 0 Å². The molecule has 0 nitrogen and oxygen atoms in total. The molecule has 1 aliphatic rings. The first-order valence-corrected chi connectivity index (χ1v) is 3.30. The average molecular weight is 120 g/mol. The molecule has 0 atom stereocenters. The summed E-state index contributed by atoms with van der Waals surface area (Å²) in [6, 6.07) is 0. The fourth-order valence-corrected chi connectivity index (χ4v) is 0.949. The third kappa shape index (κ3) is 1.56. The van der Waals surface area contributed by atoms with Crippen LogP contribution in [0.5, 0.6) is 0 Å². The SMILES string of the molecule is C=C(C)C1=CCC=CC1. The van der Waals surface area contributed by atoms with Gasteiger partial charge >= 0.3 is 0 Å². The van der Waals surface area contributed by atoms with E-state index in [0.717, 1.165) is 12.8 Å². The predicted octanol–water partition coefficient (Wildman–Crippen LogP) is 2.84. The third-order valence-corrected chi connectivity index (χ3v) is 1.55. The second-order valence-electron chi connectivity index (χ2n) is 2.42. The summed E-state index contributed by atoms with van der Waals surface area (Å²) in [4.78, 5) is 0. The maximum atomic E-state index is 3.88. The van der Waals surface area contributed by atoms with Crippen LogP contribution in [0.2, 0.25) is 0 Å². The van der Waals surface area contributed by atoms with Crippen LogP contribution in [0, 0.1) is 0 Å². The van der Waals surface area contributed by atoms with Gasteiger partial charge in [-0.1, -0.05) is 30.4 Å². The van der Waals surface area contributed by atoms with Crippen molar-refractivity contribution in [3.8, 4) is 0 Å². The second kappa shape index (κ2) is 2.67. The van der Waals surface area contributed by atoms with Gasteiger partial charge in [0, 0.05) is 0 Å². The Kier molecular flexibility index (Phi) is 1.88. The van der Waals surface area contributed by atoms with E-state index in [4.69, 9.17) is 0 Å². The van der Waals surface area contributed by atoms with Crippen LogP contribution in [0.1, 0.15) is 19.8 Å². The summed E-state index contributed by atoms with van der Waals surface area (Å²) in [6.45, 7) is 5.94. The van der Waals surface area contributed by atoms with Crippen LogP contribution in [0.25, 0.3) is 0 Å². The predicted molar refractivity (Wildman–Crippen MR) is 41.3 cm³/mol. The van der Waals surface area contributed by atoms with Crippen molar-refractivity contribution in [3.63, 3.8) is 0 Å². The molecule has 0 heterocycles. The summed E-state index contributed by atoms with van der Waals surface area (Å²) in [7, 11) is 0. The van der Waals surface area contributed by atoms with Crippen molar-refractivity contribution in [3.05, 3.63) is 36.0 Å². The van der Waals surface area contributed by atoms with Gasteiger partial charge in [0.1, 0.15) is 0 Å². The average Bonchev–Trinajstić information content (AvgIpc) is 1.90. The quantitative estimate of drug-likeness (QED) is 0.467. The van der Waals surface area contributed by atoms with Gasteiger partial charge in [-0.25, -0.2) is 0 Å². The van der Waals surface area contributed by atoms with E-state index in [9.17, 15) is 0 Å². The third-order valence-electron chi connectivity index (χ3n) is 1.55. The molecule has 0 saturated carbocycles. The van der Waals surface area contributed by atoms with Gasteiger partial charge in [0.2, 0.25) is 0 Å². The molecule has 0 bridgehead atoms. The maximum Gasteiger partial charge on any atom is -0.00980 e. The molecule has 0 aromatic carbocycles. The molecule has 0 aromatic rings. The Morgan fingerprint density at radius 3 is 2.67 bits per heavy atom. The topological polar surface area (TPSA) is 0 Å². The van der Waals surface area contributed by atoms with Crippen molar-refractivity contribution < 1.29 is 0 Å². The lowest BCUT2D eigenvalue weighted by Gasteiger charge is -2.05. The minimum atomic E-state index is 1.08. The molecule has 0 saturated heterocycles. The van der Waals surface area contributed by atoms with Crippen molar-refractivity contribution in [2.24, 2.45) is 0 Å². The number of hydrogen-bond acceptors (Lipinski definition) is 0. The van der Waals surface area contributed by atoms with Crippen LogP contribution >= 0.6 is 0 Å². The van der Waals surface area contributed by atoms with E-state index >= 15 is 0 Å². The summed E-state index contributed by atoms with van der Waals surface area (Å²) in [5, 5.41) is 0. The molecular weight excluding hydrogens is 108 g/mol. The molecule has 0 aliphatic heterocycles. The molecule has 1 rings (SSSR count). The highest BCUT2D eigenvalue weighted by atomic mass is 14.0. The molecule has 0 fully saturated rings. The van der Waals surface area contributed by atoms with E-state index in [0.29, 0.717) is 0 Å². The second-order valence-corrected chi connectivity index (χ2v) is 2.42. The van der Waals surface area contributed by atoms with Crippen LogP contribution in [0.3, 0.4) is 0 Å². The molecule has 9 heavy (non-hydrogen) atoms. The van der Waals surface area contributed by atoms with E-state index in [1.54, 1.807) is 0 Å². The lowest BCUT2D eigenvalue weighted by Crippen LogP contribution is -1.85. The highest BCUT2D eigenvalue weighted by Crippen LogP contribution is 2.16. The van der Waals surface area contributed by atoms with Gasteiger partial charge in [-0.15, -0.1) is 0 Å². The van der Waals surface area contributed by atoms with Crippen molar-refractivity contribution in [2.75, 3.05) is 0 Å². The zero-order valence-corrected chi connectivity index (χ0v) is 5.85. The first-order chi connectivity index (χ1) is 4.30. The Bertz CT molecular complexity index is 170. The van der Waals surface area contributed by atoms with E-state index in [1.165, 1.54) is 11.1 Å². The van der Waals surface area contributed by atoms with Crippen LogP contribution in [0.4, 0.5) is 0 Å². The highest BCUT2D eigenvalue weighted by molar-refractivity contribution is 5.31. The van der Waals surface area contributed by atoms with E-state index in [-0.39, 0.29) is 0 Å². The maximum absolute atomic E-state index is 3.88. The lowest BCUT2D eigenvalue weighted by atomic mass is 10.0. The number of allylic oxidation sites excluding steroid dienone is 5. The summed E-state index contributed by atoms with van der Waals surface area (Å²) in [5.41, 5.74) is 2.61. The monoisotopic (exact) mass is 120 g/mol. The van der Waals surface area contributed by atoms with E-state index in [2.05, 4.69) is 31.7 Å². The van der Waals surface area contributed by atoms with Crippen molar-refractivity contribution in [1.29, 1.82) is 0 Å². The zero-order chi connectivity index (χ0) is 6.69. The van der Waals surface area contributed by atoms with Gasteiger partial charge in [-0.2, -0.15) is 0 Å². The fraction of sp³-hybridized carbons (Fsp3) is 0.333. The fourth-order valence-electron chi connectivity index (χ4n) is 0.949. The van der Waals surface area contributed by atoms with Gasteiger partial charge in [0.25, 0.3) is 0 Å². The largest absolute Gasteiger partial charge is 0.0958 e. The first kappa shape index (κ1) is 6.34. The van der Waals surface area contributed by atoms with E-state index in [1.807, 2.05) is 0 Å². The Morgan fingerprint density at radius 2 is 2.33 bits per heavy atom. The number of hydrogen-bond donors (Lipinski definition) is 0. The summed E-state index contributed by atoms with van der Waals surface area (Å²) in [6.07, 6.45) is 8.79. The molecule has 0 radical (unpaired) electrons. The molecule has 0 N–H and O–H groups in total. The van der Waals surface area contributed by atoms with Crippen LogP contribution in [-0.2, 0) is 0 Å². The molecule has 0 amide bonds. The van der Waals surface area contributed by atoms with E-state index < -0.39 is 0 Å². The van der Waals surface area contributed by atoms with Crippen LogP contribution in [-0.4, -0.2) is 0 Å². The minimum Gasteiger partial charge on any atom is -0.0958 e. The Morgan fingerprint density at radius 1 is 1.56 bits per heavy atom. The van der Waals surface area contributed by atoms with Gasteiger partial charge < -0.3 is 0 Å². The van der Waals surface area contributed by atoms with Crippen LogP contribution in [0.15, 0.2) is 36.0 Å². The summed E-state index contributed by atoms with van der Waals surface area (Å²) < 4.78 is 0. The molecular formula is C9H12. The molecule has 1 aliphatic carbocycles. The highest BCUT2D eigenvalue weighted by Gasteiger charge is 1.96. The molecule has 48 valence electrons. The molecule has 0 unspecified atom stereocenters. The first-order valence-electron chi connectivity index (χ1n) is 3.30. The van der Waals surface area contributed by atoms with Crippen molar-refractivity contribution in [1.82, 2.24) is 0 Å². The Hall–Kier alpha value is -0.780. The smallest absolute Gasteiger partial charge is 0.00980 e.